The highest BCUT2D eigenvalue weighted by Crippen LogP contribution is 2.31. The van der Waals surface area contributed by atoms with Crippen molar-refractivity contribution in [3.8, 4) is 11.4 Å². The van der Waals surface area contributed by atoms with Crippen LogP contribution in [0.3, 0.4) is 0 Å². The first-order valence-electron chi connectivity index (χ1n) is 13.4. The number of ketones is 1. The third-order valence-corrected chi connectivity index (χ3v) is 7.44. The molecule has 1 atom stereocenters. The van der Waals surface area contributed by atoms with Gasteiger partial charge in [0, 0.05) is 29.4 Å². The molecular weight excluding hydrogens is 502 g/mol. The van der Waals surface area contributed by atoms with Gasteiger partial charge >= 0.3 is 0 Å². The Bertz CT molecular complexity index is 1550. The molecule has 0 radical (unpaired) electrons. The second-order valence-electron chi connectivity index (χ2n) is 10.1. The number of nitrogens with zero attached hydrogens (tertiary/aromatic N) is 3. The van der Waals surface area contributed by atoms with E-state index in [1.165, 1.54) is 0 Å². The maximum atomic E-state index is 13.5. The number of ether oxygens (including phenoxy) is 1. The fourth-order valence-corrected chi connectivity index (χ4v) is 5.11. The number of aliphatic hydroxyl groups excluding tert-OH is 1. The van der Waals surface area contributed by atoms with Crippen molar-refractivity contribution in [3.63, 3.8) is 0 Å². The van der Waals surface area contributed by atoms with Crippen molar-refractivity contribution in [1.82, 2.24) is 14.5 Å². The fraction of sp³-hybridized carbons (Fsp3) is 0.242. The number of benzene rings is 3. The number of rotatable bonds is 8. The van der Waals surface area contributed by atoms with E-state index in [0.29, 0.717) is 23.4 Å². The van der Waals surface area contributed by atoms with Gasteiger partial charge in [0.05, 0.1) is 37.5 Å². The molecule has 5 rings (SSSR count). The zero-order chi connectivity index (χ0) is 28.2. The lowest BCUT2D eigenvalue weighted by molar-refractivity contribution is -0.130. The summed E-state index contributed by atoms with van der Waals surface area (Å²) in [5.74, 6) is 0.656. The third-order valence-electron chi connectivity index (χ3n) is 7.44. The van der Waals surface area contributed by atoms with Crippen molar-refractivity contribution in [2.24, 2.45) is 0 Å². The Kier molecular flexibility index (Phi) is 7.94. The van der Waals surface area contributed by atoms with Gasteiger partial charge in [-0.05, 0) is 61.6 Å². The summed E-state index contributed by atoms with van der Waals surface area (Å²) < 4.78 is 7.56. The van der Waals surface area contributed by atoms with Crippen LogP contribution in [0.4, 0.5) is 0 Å². The number of carbonyl (C=O) groups is 2. The summed E-state index contributed by atoms with van der Waals surface area (Å²) in [6, 6.07) is 20.2. The van der Waals surface area contributed by atoms with E-state index in [1.807, 2.05) is 78.1 Å². The average Bonchev–Trinajstić information content (AvgIpc) is 3.43. The highest BCUT2D eigenvalue weighted by molar-refractivity contribution is 6.09. The molecule has 3 aromatic carbocycles. The summed E-state index contributed by atoms with van der Waals surface area (Å²) in [7, 11) is 1.64. The van der Waals surface area contributed by atoms with E-state index in [0.717, 1.165) is 46.5 Å². The van der Waals surface area contributed by atoms with E-state index in [4.69, 9.17) is 4.74 Å². The smallest absolute Gasteiger partial charge is 0.250 e. The molecule has 1 fully saturated rings. The standard InChI is InChI=1S/C33H33N3O4/c1-22-19-35(21-34-22)30-15-8-25(18-31(30)40-3)17-29-5-4-16-36(33(29)39)23(2)26-11-13-28(14-12-26)32(38)27-9-6-24(20-37)7-10-27/h6-15,17-19,21,23,37H,4-5,16,20H2,1-3H3/b29-17+. The Balaban J connectivity index is 1.32. The molecule has 7 heteroatoms. The molecule has 1 aromatic heterocycles. The minimum absolute atomic E-state index is 0.0242. The van der Waals surface area contributed by atoms with Crippen LogP contribution < -0.4 is 4.74 Å². The van der Waals surface area contributed by atoms with Crippen LogP contribution in [0.1, 0.15) is 64.1 Å². The molecule has 1 saturated heterocycles. The van der Waals surface area contributed by atoms with Gasteiger partial charge in [-0.3, -0.25) is 9.59 Å². The first kappa shape index (κ1) is 27.1. The summed E-state index contributed by atoms with van der Waals surface area (Å²) in [6.45, 7) is 4.59. The summed E-state index contributed by atoms with van der Waals surface area (Å²) in [4.78, 5) is 32.6. The highest BCUT2D eigenvalue weighted by Gasteiger charge is 2.28. The van der Waals surface area contributed by atoms with Crippen molar-refractivity contribution >= 4 is 17.8 Å². The molecule has 0 saturated carbocycles. The molecule has 0 bridgehead atoms. The van der Waals surface area contributed by atoms with Gasteiger partial charge in [-0.1, -0.05) is 54.6 Å². The van der Waals surface area contributed by atoms with Gasteiger partial charge in [0.1, 0.15) is 5.75 Å². The lowest BCUT2D eigenvalue weighted by Crippen LogP contribution is -2.38. The van der Waals surface area contributed by atoms with Crippen LogP contribution in [-0.2, 0) is 11.4 Å². The molecule has 0 aliphatic carbocycles. The predicted molar refractivity (Wildman–Crippen MR) is 154 cm³/mol. The van der Waals surface area contributed by atoms with E-state index in [2.05, 4.69) is 4.98 Å². The van der Waals surface area contributed by atoms with Crippen LogP contribution in [-0.4, -0.2) is 44.9 Å². The number of aryl methyl sites for hydroxylation is 1. The Morgan fingerprint density at radius 2 is 1.77 bits per heavy atom. The molecule has 40 heavy (non-hydrogen) atoms. The van der Waals surface area contributed by atoms with Gasteiger partial charge in [0.15, 0.2) is 5.78 Å². The maximum Gasteiger partial charge on any atom is 0.250 e. The number of hydrogen-bond acceptors (Lipinski definition) is 5. The first-order valence-corrected chi connectivity index (χ1v) is 13.4. The third kappa shape index (κ3) is 5.60. The Morgan fingerprint density at radius 1 is 1.07 bits per heavy atom. The predicted octanol–water partition coefficient (Wildman–Crippen LogP) is 5.68. The second kappa shape index (κ2) is 11.7. The van der Waals surface area contributed by atoms with Crippen molar-refractivity contribution in [2.45, 2.75) is 39.3 Å². The summed E-state index contributed by atoms with van der Waals surface area (Å²) in [6.07, 6.45) is 7.25. The van der Waals surface area contributed by atoms with Crippen molar-refractivity contribution in [2.75, 3.05) is 13.7 Å². The monoisotopic (exact) mass is 535 g/mol. The minimum Gasteiger partial charge on any atom is -0.495 e. The number of amides is 1. The fourth-order valence-electron chi connectivity index (χ4n) is 5.11. The van der Waals surface area contributed by atoms with Gasteiger partial charge in [-0.15, -0.1) is 0 Å². The van der Waals surface area contributed by atoms with E-state index in [9.17, 15) is 14.7 Å². The zero-order valence-electron chi connectivity index (χ0n) is 23.0. The van der Waals surface area contributed by atoms with Crippen LogP contribution in [0.5, 0.6) is 5.75 Å². The number of likely N-dealkylation sites (tertiary alicyclic amines) is 1. The van der Waals surface area contributed by atoms with Crippen LogP contribution in [0.2, 0.25) is 0 Å². The van der Waals surface area contributed by atoms with Gasteiger partial charge < -0.3 is 19.3 Å². The number of piperidine rings is 1. The topological polar surface area (TPSA) is 84.7 Å². The largest absolute Gasteiger partial charge is 0.495 e. The SMILES string of the molecule is COc1cc(/C=C2\CCCN(C(C)c3ccc(C(=O)c4ccc(CO)cc4)cc3)C2=O)ccc1-n1cnc(C)c1. The van der Waals surface area contributed by atoms with Crippen LogP contribution in [0, 0.1) is 6.92 Å². The minimum atomic E-state index is -0.134. The van der Waals surface area contributed by atoms with E-state index in [1.54, 1.807) is 37.7 Å². The molecule has 1 aliphatic heterocycles. The van der Waals surface area contributed by atoms with E-state index < -0.39 is 0 Å². The molecule has 1 N–H and O–H groups in total. The lowest BCUT2D eigenvalue weighted by Gasteiger charge is -2.34. The Hall–Kier alpha value is -4.49. The second-order valence-corrected chi connectivity index (χ2v) is 10.1. The van der Waals surface area contributed by atoms with Gasteiger partial charge in [-0.25, -0.2) is 4.98 Å². The van der Waals surface area contributed by atoms with Crippen molar-refractivity contribution in [1.29, 1.82) is 0 Å². The molecule has 204 valence electrons. The average molecular weight is 536 g/mol. The molecule has 0 spiro atoms. The molecule has 7 nitrogen and oxygen atoms in total. The summed E-state index contributed by atoms with van der Waals surface area (Å²) in [5, 5.41) is 9.23. The number of hydrogen-bond donors (Lipinski definition) is 1. The zero-order valence-corrected chi connectivity index (χ0v) is 23.0. The molecule has 2 heterocycles. The number of aromatic nitrogens is 2. The number of aliphatic hydroxyl groups is 1. The van der Waals surface area contributed by atoms with Gasteiger partial charge in [0.2, 0.25) is 5.91 Å². The van der Waals surface area contributed by atoms with Gasteiger partial charge in [0.25, 0.3) is 0 Å². The quantitative estimate of drug-likeness (QED) is 0.232. The Labute approximate surface area is 234 Å². The lowest BCUT2D eigenvalue weighted by atomic mass is 9.96. The van der Waals surface area contributed by atoms with Crippen LogP contribution in [0.25, 0.3) is 11.8 Å². The number of imidazole rings is 1. The molecule has 4 aromatic rings. The molecule has 1 aliphatic rings. The van der Waals surface area contributed by atoms with E-state index >= 15 is 0 Å². The highest BCUT2D eigenvalue weighted by atomic mass is 16.5. The number of carbonyl (C=O) groups excluding carboxylic acids is 2. The number of methoxy groups -OCH3 is 1. The van der Waals surface area contributed by atoms with Gasteiger partial charge in [-0.2, -0.15) is 0 Å². The first-order chi connectivity index (χ1) is 19.4. The molecular formula is C33H33N3O4. The van der Waals surface area contributed by atoms with Crippen molar-refractivity contribution < 1.29 is 19.4 Å². The van der Waals surface area contributed by atoms with Crippen molar-refractivity contribution in [3.05, 3.63) is 118 Å². The molecule has 1 unspecified atom stereocenters. The summed E-state index contributed by atoms with van der Waals surface area (Å²) >= 11 is 0. The van der Waals surface area contributed by atoms with E-state index in [-0.39, 0.29) is 24.3 Å². The maximum absolute atomic E-state index is 13.5. The Morgan fingerprint density at radius 3 is 2.40 bits per heavy atom. The summed E-state index contributed by atoms with van der Waals surface area (Å²) in [5.41, 5.74) is 6.38. The van der Waals surface area contributed by atoms with Crippen LogP contribution in [0.15, 0.2) is 84.8 Å². The van der Waals surface area contributed by atoms with Crippen LogP contribution >= 0.6 is 0 Å². The normalized spacial score (nSPS) is 15.3. The molecule has 1 amide bonds.